The average molecular weight is 388 g/mol. The number of carbonyl (C=O) groups excluding carboxylic acids is 2. The number of carbonyl (C=O) groups is 2. The van der Waals surface area contributed by atoms with E-state index in [1.54, 1.807) is 24.3 Å². The Hall–Kier alpha value is -1.82. The minimum atomic E-state index is -1.00. The van der Waals surface area contributed by atoms with Crippen LogP contribution in [0.1, 0.15) is 12.5 Å². The number of esters is 1. The smallest absolute Gasteiger partial charge is 0.311 e. The second-order valence-corrected chi connectivity index (χ2v) is 6.19. The number of ether oxygens (including phenoxy) is 1. The summed E-state index contributed by atoms with van der Waals surface area (Å²) in [4.78, 5) is 27.8. The van der Waals surface area contributed by atoms with Gasteiger partial charge >= 0.3 is 5.97 Å². The predicted octanol–water partition coefficient (Wildman–Crippen LogP) is 4.15. The maximum absolute atomic E-state index is 12.0. The van der Waals surface area contributed by atoms with E-state index in [1.165, 1.54) is 19.2 Å². The Morgan fingerprint density at radius 2 is 1.83 bits per heavy atom. The van der Waals surface area contributed by atoms with E-state index in [1.807, 2.05) is 0 Å². The molecule has 24 heavy (non-hydrogen) atoms. The molecule has 0 spiro atoms. The van der Waals surface area contributed by atoms with E-state index in [4.69, 9.17) is 39.5 Å². The molecule has 1 amide bonds. The summed E-state index contributed by atoms with van der Waals surface area (Å²) in [6, 6.07) is 8.23. The van der Waals surface area contributed by atoms with E-state index >= 15 is 0 Å². The predicted molar refractivity (Wildman–Crippen MR) is 93.6 cm³/mol. The molecule has 1 aromatic heterocycles. The largest absolute Gasteiger partial charge is 0.452 e. The normalized spacial score (nSPS) is 11.7. The molecule has 0 radical (unpaired) electrons. The Labute approximate surface area is 153 Å². The molecule has 0 aliphatic heterocycles. The van der Waals surface area contributed by atoms with Crippen LogP contribution in [0.3, 0.4) is 0 Å². The molecule has 1 atom stereocenters. The molecule has 0 saturated heterocycles. The second-order valence-electron chi connectivity index (χ2n) is 4.91. The molecule has 0 aliphatic rings. The quantitative estimate of drug-likeness (QED) is 0.782. The second kappa shape index (κ2) is 8.33. The average Bonchev–Trinajstić information content (AvgIpc) is 2.52. The molecule has 0 unspecified atom stereocenters. The Balaban J connectivity index is 1.90. The van der Waals surface area contributed by atoms with Gasteiger partial charge in [0.1, 0.15) is 0 Å². The molecule has 0 fully saturated rings. The van der Waals surface area contributed by atoms with Crippen molar-refractivity contribution in [1.82, 2.24) is 4.98 Å². The van der Waals surface area contributed by atoms with Crippen molar-refractivity contribution in [3.63, 3.8) is 0 Å². The van der Waals surface area contributed by atoms with Gasteiger partial charge in [0, 0.05) is 11.2 Å². The number of nitrogens with zero attached hydrogens (tertiary/aromatic N) is 1. The number of pyridine rings is 1. The zero-order valence-electron chi connectivity index (χ0n) is 12.6. The maximum atomic E-state index is 12.0. The van der Waals surface area contributed by atoms with Gasteiger partial charge < -0.3 is 10.1 Å². The number of benzene rings is 1. The number of anilines is 1. The molecular weight excluding hydrogens is 375 g/mol. The van der Waals surface area contributed by atoms with Gasteiger partial charge in [-0.3, -0.25) is 9.59 Å². The van der Waals surface area contributed by atoms with Gasteiger partial charge in [0.05, 0.1) is 16.5 Å². The minimum Gasteiger partial charge on any atom is -0.452 e. The van der Waals surface area contributed by atoms with E-state index in [0.717, 1.165) is 5.56 Å². The van der Waals surface area contributed by atoms with Crippen molar-refractivity contribution in [3.05, 3.63) is 57.2 Å². The molecule has 1 aromatic carbocycles. The number of aromatic nitrogens is 1. The first-order valence-electron chi connectivity index (χ1n) is 6.91. The van der Waals surface area contributed by atoms with Crippen LogP contribution in [0.2, 0.25) is 15.1 Å². The lowest BCUT2D eigenvalue weighted by molar-refractivity contribution is -0.152. The Kier molecular flexibility index (Phi) is 6.43. The lowest BCUT2D eigenvalue weighted by Crippen LogP contribution is -2.30. The van der Waals surface area contributed by atoms with Crippen molar-refractivity contribution in [1.29, 1.82) is 0 Å². The first kappa shape index (κ1) is 18.5. The minimum absolute atomic E-state index is 0.0364. The first-order chi connectivity index (χ1) is 11.3. The monoisotopic (exact) mass is 386 g/mol. The lowest BCUT2D eigenvalue weighted by atomic mass is 10.1. The molecule has 0 bridgehead atoms. The number of rotatable bonds is 5. The molecule has 0 saturated carbocycles. The van der Waals surface area contributed by atoms with Crippen LogP contribution in [0.4, 0.5) is 5.82 Å². The highest BCUT2D eigenvalue weighted by atomic mass is 35.5. The molecular formula is C16H13Cl3N2O3. The van der Waals surface area contributed by atoms with Crippen molar-refractivity contribution >= 4 is 52.5 Å². The van der Waals surface area contributed by atoms with Gasteiger partial charge in [-0.1, -0.05) is 46.9 Å². The zero-order chi connectivity index (χ0) is 17.7. The van der Waals surface area contributed by atoms with Gasteiger partial charge in [-0.2, -0.15) is 0 Å². The summed E-state index contributed by atoms with van der Waals surface area (Å²) in [5.41, 5.74) is 0.736. The number of nitrogens with one attached hydrogen (secondary N) is 1. The van der Waals surface area contributed by atoms with Crippen molar-refractivity contribution in [2.75, 3.05) is 5.32 Å². The van der Waals surface area contributed by atoms with Gasteiger partial charge in [0.25, 0.3) is 5.91 Å². The Morgan fingerprint density at radius 1 is 1.17 bits per heavy atom. The van der Waals surface area contributed by atoms with Crippen LogP contribution in [0.15, 0.2) is 36.5 Å². The topological polar surface area (TPSA) is 68.3 Å². The zero-order valence-corrected chi connectivity index (χ0v) is 14.8. The van der Waals surface area contributed by atoms with E-state index in [0.29, 0.717) is 10.0 Å². The molecule has 5 nitrogen and oxygen atoms in total. The fraction of sp³-hybridized carbons (Fsp3) is 0.188. The maximum Gasteiger partial charge on any atom is 0.311 e. The van der Waals surface area contributed by atoms with E-state index in [-0.39, 0.29) is 17.3 Å². The highest BCUT2D eigenvalue weighted by molar-refractivity contribution is 6.36. The first-order valence-corrected chi connectivity index (χ1v) is 8.04. The molecule has 0 aliphatic carbocycles. The third-order valence-electron chi connectivity index (χ3n) is 2.99. The van der Waals surface area contributed by atoms with Gasteiger partial charge in [0.2, 0.25) is 0 Å². The van der Waals surface area contributed by atoms with Crippen molar-refractivity contribution in [2.45, 2.75) is 19.4 Å². The summed E-state index contributed by atoms with van der Waals surface area (Å²) >= 11 is 17.4. The fourth-order valence-corrected chi connectivity index (χ4v) is 2.34. The lowest BCUT2D eigenvalue weighted by Gasteiger charge is -2.14. The molecule has 126 valence electrons. The molecule has 1 heterocycles. The summed E-state index contributed by atoms with van der Waals surface area (Å²) in [5, 5.41) is 3.59. The summed E-state index contributed by atoms with van der Waals surface area (Å²) < 4.78 is 5.10. The van der Waals surface area contributed by atoms with Crippen LogP contribution >= 0.6 is 34.8 Å². The summed E-state index contributed by atoms with van der Waals surface area (Å²) in [7, 11) is 0. The van der Waals surface area contributed by atoms with Crippen LogP contribution in [-0.4, -0.2) is 23.0 Å². The van der Waals surface area contributed by atoms with Crippen LogP contribution in [0, 0.1) is 0 Å². The van der Waals surface area contributed by atoms with Gasteiger partial charge in [0.15, 0.2) is 11.9 Å². The molecule has 2 aromatic rings. The summed E-state index contributed by atoms with van der Waals surface area (Å²) in [6.45, 7) is 1.46. The number of hydrogen-bond donors (Lipinski definition) is 1. The van der Waals surface area contributed by atoms with E-state index in [2.05, 4.69) is 10.3 Å². The SMILES string of the molecule is C[C@@H](OC(=O)Cc1ccc(Cl)cc1)C(=O)Nc1ncc(Cl)cc1Cl. The van der Waals surface area contributed by atoms with Crippen LogP contribution < -0.4 is 5.32 Å². The van der Waals surface area contributed by atoms with Gasteiger partial charge in [-0.25, -0.2) is 4.98 Å². The highest BCUT2D eigenvalue weighted by Gasteiger charge is 2.19. The Bertz CT molecular complexity index is 751. The van der Waals surface area contributed by atoms with Crippen molar-refractivity contribution < 1.29 is 14.3 Å². The summed E-state index contributed by atoms with van der Waals surface area (Å²) in [6.07, 6.45) is 0.382. The van der Waals surface area contributed by atoms with Crippen molar-refractivity contribution in [3.8, 4) is 0 Å². The summed E-state index contributed by atoms with van der Waals surface area (Å²) in [5.74, 6) is -0.932. The third-order valence-corrected chi connectivity index (χ3v) is 3.74. The number of amides is 1. The van der Waals surface area contributed by atoms with E-state index in [9.17, 15) is 9.59 Å². The highest BCUT2D eigenvalue weighted by Crippen LogP contribution is 2.22. The molecule has 2 rings (SSSR count). The van der Waals surface area contributed by atoms with Crippen LogP contribution in [-0.2, 0) is 20.7 Å². The van der Waals surface area contributed by atoms with Crippen molar-refractivity contribution in [2.24, 2.45) is 0 Å². The number of hydrogen-bond acceptors (Lipinski definition) is 4. The number of halogens is 3. The standard InChI is InChI=1S/C16H13Cl3N2O3/c1-9(16(23)21-15-13(19)7-12(18)8-20-15)24-14(22)6-10-2-4-11(17)5-3-10/h2-5,7-9H,6H2,1H3,(H,20,21,23)/t9-/m1/s1. The Morgan fingerprint density at radius 3 is 2.46 bits per heavy atom. The van der Waals surface area contributed by atoms with Gasteiger partial charge in [-0.15, -0.1) is 0 Å². The fourth-order valence-electron chi connectivity index (χ4n) is 1.79. The molecule has 8 heteroatoms. The van der Waals surface area contributed by atoms with Crippen LogP contribution in [0.25, 0.3) is 0 Å². The van der Waals surface area contributed by atoms with Gasteiger partial charge in [-0.05, 0) is 30.7 Å². The van der Waals surface area contributed by atoms with E-state index < -0.39 is 18.0 Å². The third kappa shape index (κ3) is 5.37. The van der Waals surface area contributed by atoms with Crippen LogP contribution in [0.5, 0.6) is 0 Å². The molecule has 1 N–H and O–H groups in total.